The molecule has 0 radical (unpaired) electrons. The largest absolute Gasteiger partial charge is 0.390 e. The maximum Gasteiger partial charge on any atom is 0.183 e. The third-order valence-corrected chi connectivity index (χ3v) is 2.94. The Hall–Kier alpha value is -0.610. The van der Waals surface area contributed by atoms with E-state index >= 15 is 0 Å². The predicted molar refractivity (Wildman–Crippen MR) is 53.2 cm³/mol. The normalized spacial score (nSPS) is 15.3. The standard InChI is InChI=1S/C8H9ClN2OS/c9-8-10-4-7(13-8)5-12-11-6-2-1-3-6/h4H,1-3,5H2. The van der Waals surface area contributed by atoms with Gasteiger partial charge >= 0.3 is 0 Å². The fourth-order valence-electron chi connectivity index (χ4n) is 0.964. The number of rotatable bonds is 3. The summed E-state index contributed by atoms with van der Waals surface area (Å²) in [4.78, 5) is 10.0. The summed E-state index contributed by atoms with van der Waals surface area (Å²) in [6.45, 7) is 0.480. The molecule has 0 spiro atoms. The Morgan fingerprint density at radius 1 is 1.62 bits per heavy atom. The SMILES string of the molecule is Clc1ncc(CON=C2CCC2)s1. The van der Waals surface area contributed by atoms with Crippen molar-refractivity contribution in [1.29, 1.82) is 0 Å². The molecule has 1 fully saturated rings. The van der Waals surface area contributed by atoms with Crippen molar-refractivity contribution >= 4 is 28.6 Å². The van der Waals surface area contributed by atoms with Gasteiger partial charge in [-0.15, -0.1) is 11.3 Å². The van der Waals surface area contributed by atoms with Crippen molar-refractivity contribution in [3.8, 4) is 0 Å². The van der Waals surface area contributed by atoms with Gasteiger partial charge in [0.15, 0.2) is 11.1 Å². The molecule has 13 heavy (non-hydrogen) atoms. The first-order valence-corrected chi connectivity index (χ1v) is 5.32. The van der Waals surface area contributed by atoms with Crippen LogP contribution in [0.25, 0.3) is 0 Å². The van der Waals surface area contributed by atoms with Crippen LogP contribution in [0, 0.1) is 0 Å². The predicted octanol–water partition coefficient (Wildman–Crippen LogP) is 2.85. The van der Waals surface area contributed by atoms with Gasteiger partial charge in [-0.25, -0.2) is 4.98 Å². The van der Waals surface area contributed by atoms with E-state index in [0.29, 0.717) is 11.1 Å². The monoisotopic (exact) mass is 216 g/mol. The minimum absolute atomic E-state index is 0.480. The van der Waals surface area contributed by atoms with Crippen LogP contribution in [0.15, 0.2) is 11.4 Å². The molecule has 0 unspecified atom stereocenters. The van der Waals surface area contributed by atoms with Crippen LogP contribution in [0.3, 0.4) is 0 Å². The van der Waals surface area contributed by atoms with Gasteiger partial charge in [0, 0.05) is 6.20 Å². The van der Waals surface area contributed by atoms with Crippen LogP contribution < -0.4 is 0 Å². The topological polar surface area (TPSA) is 34.5 Å². The van der Waals surface area contributed by atoms with Crippen molar-refractivity contribution in [2.45, 2.75) is 25.9 Å². The van der Waals surface area contributed by atoms with E-state index in [1.54, 1.807) is 6.20 Å². The van der Waals surface area contributed by atoms with Gasteiger partial charge in [0.1, 0.15) is 0 Å². The molecule has 5 heteroatoms. The molecule has 1 aromatic rings. The van der Waals surface area contributed by atoms with Gasteiger partial charge in [0.25, 0.3) is 0 Å². The lowest BCUT2D eigenvalue weighted by molar-refractivity contribution is 0.130. The van der Waals surface area contributed by atoms with E-state index in [1.807, 2.05) is 0 Å². The van der Waals surface area contributed by atoms with Crippen molar-refractivity contribution in [2.75, 3.05) is 0 Å². The Morgan fingerprint density at radius 2 is 2.46 bits per heavy atom. The van der Waals surface area contributed by atoms with Crippen LogP contribution in [0.2, 0.25) is 4.47 Å². The van der Waals surface area contributed by atoms with Crippen LogP contribution in [-0.4, -0.2) is 10.7 Å². The van der Waals surface area contributed by atoms with Crippen LogP contribution in [0.4, 0.5) is 0 Å². The van der Waals surface area contributed by atoms with E-state index in [2.05, 4.69) is 10.1 Å². The van der Waals surface area contributed by atoms with Gasteiger partial charge in [-0.3, -0.25) is 0 Å². The Labute approximate surface area is 85.4 Å². The van der Waals surface area contributed by atoms with Crippen molar-refractivity contribution in [2.24, 2.45) is 5.16 Å². The highest BCUT2D eigenvalue weighted by Crippen LogP contribution is 2.19. The number of aromatic nitrogens is 1. The third-order valence-electron chi connectivity index (χ3n) is 1.86. The average molecular weight is 217 g/mol. The molecule has 0 aromatic carbocycles. The average Bonchev–Trinajstić information content (AvgIpc) is 2.42. The summed E-state index contributed by atoms with van der Waals surface area (Å²) in [6.07, 6.45) is 5.13. The Balaban J connectivity index is 1.79. The number of oxime groups is 1. The lowest BCUT2D eigenvalue weighted by Gasteiger charge is -2.12. The molecule has 1 aromatic heterocycles. The van der Waals surface area contributed by atoms with Gasteiger partial charge in [-0.05, 0) is 19.3 Å². The quantitative estimate of drug-likeness (QED) is 0.729. The summed E-state index contributed by atoms with van der Waals surface area (Å²) in [5.74, 6) is 0. The zero-order chi connectivity index (χ0) is 9.10. The van der Waals surface area contributed by atoms with Crippen molar-refractivity contribution in [1.82, 2.24) is 4.98 Å². The van der Waals surface area contributed by atoms with E-state index in [-0.39, 0.29) is 0 Å². The minimum Gasteiger partial charge on any atom is -0.390 e. The highest BCUT2D eigenvalue weighted by Gasteiger charge is 2.10. The molecule has 0 bridgehead atoms. The summed E-state index contributed by atoms with van der Waals surface area (Å²) in [5.41, 5.74) is 1.16. The minimum atomic E-state index is 0.480. The van der Waals surface area contributed by atoms with E-state index in [9.17, 15) is 0 Å². The highest BCUT2D eigenvalue weighted by molar-refractivity contribution is 7.15. The molecule has 0 aliphatic heterocycles. The second-order valence-corrected chi connectivity index (χ2v) is 4.56. The van der Waals surface area contributed by atoms with Gasteiger partial charge < -0.3 is 4.84 Å². The maximum absolute atomic E-state index is 5.66. The molecule has 2 rings (SSSR count). The van der Waals surface area contributed by atoms with Crippen LogP contribution in [0.5, 0.6) is 0 Å². The fraction of sp³-hybridized carbons (Fsp3) is 0.500. The first kappa shape index (κ1) is 8.97. The summed E-state index contributed by atoms with van der Waals surface area (Å²) >= 11 is 7.08. The van der Waals surface area contributed by atoms with E-state index in [1.165, 1.54) is 17.8 Å². The molecule has 1 aliphatic rings. The summed E-state index contributed by atoms with van der Waals surface area (Å²) in [5, 5.41) is 3.99. The molecule has 1 heterocycles. The Morgan fingerprint density at radius 3 is 3.00 bits per heavy atom. The second-order valence-electron chi connectivity index (χ2n) is 2.86. The van der Waals surface area contributed by atoms with Crippen molar-refractivity contribution in [3.63, 3.8) is 0 Å². The zero-order valence-electron chi connectivity index (χ0n) is 6.99. The summed E-state index contributed by atoms with van der Waals surface area (Å²) in [7, 11) is 0. The van der Waals surface area contributed by atoms with Gasteiger partial charge in [-0.2, -0.15) is 0 Å². The number of hydrogen-bond acceptors (Lipinski definition) is 4. The molecular weight excluding hydrogens is 208 g/mol. The lowest BCUT2D eigenvalue weighted by Crippen LogP contribution is -2.09. The Kier molecular flexibility index (Phi) is 2.80. The summed E-state index contributed by atoms with van der Waals surface area (Å²) in [6, 6.07) is 0. The van der Waals surface area contributed by atoms with Crippen molar-refractivity contribution < 1.29 is 4.84 Å². The number of halogens is 1. The van der Waals surface area contributed by atoms with E-state index in [0.717, 1.165) is 23.4 Å². The number of nitrogens with zero attached hydrogens (tertiary/aromatic N) is 2. The molecule has 0 amide bonds. The zero-order valence-corrected chi connectivity index (χ0v) is 8.57. The second kappa shape index (κ2) is 4.07. The summed E-state index contributed by atoms with van der Waals surface area (Å²) < 4.78 is 0.551. The first-order valence-electron chi connectivity index (χ1n) is 4.12. The molecular formula is C8H9ClN2OS. The molecule has 0 atom stereocenters. The number of hydrogen-bond donors (Lipinski definition) is 0. The van der Waals surface area contributed by atoms with E-state index < -0.39 is 0 Å². The maximum atomic E-state index is 5.66. The molecule has 3 nitrogen and oxygen atoms in total. The van der Waals surface area contributed by atoms with Crippen LogP contribution in [-0.2, 0) is 11.4 Å². The number of thiazole rings is 1. The van der Waals surface area contributed by atoms with Gasteiger partial charge in [0.05, 0.1) is 10.6 Å². The molecule has 70 valence electrons. The molecule has 1 aliphatic carbocycles. The lowest BCUT2D eigenvalue weighted by atomic mass is 9.98. The molecule has 0 N–H and O–H groups in total. The Bertz CT molecular complexity index is 318. The van der Waals surface area contributed by atoms with Crippen molar-refractivity contribution in [3.05, 3.63) is 15.5 Å². The van der Waals surface area contributed by atoms with Gasteiger partial charge in [0.2, 0.25) is 0 Å². The molecule has 1 saturated carbocycles. The molecule has 0 saturated heterocycles. The smallest absolute Gasteiger partial charge is 0.183 e. The highest BCUT2D eigenvalue weighted by atomic mass is 35.5. The van der Waals surface area contributed by atoms with Crippen LogP contribution in [0.1, 0.15) is 24.1 Å². The van der Waals surface area contributed by atoms with E-state index in [4.69, 9.17) is 16.4 Å². The van der Waals surface area contributed by atoms with Crippen LogP contribution >= 0.6 is 22.9 Å². The van der Waals surface area contributed by atoms with Gasteiger partial charge in [-0.1, -0.05) is 16.8 Å². The third kappa shape index (κ3) is 2.42. The fourth-order valence-corrected chi connectivity index (χ4v) is 1.85. The first-order chi connectivity index (χ1) is 6.34.